The van der Waals surface area contributed by atoms with Gasteiger partial charge in [-0.3, -0.25) is 0 Å². The summed E-state index contributed by atoms with van der Waals surface area (Å²) in [6.45, 7) is 1.87. The normalized spacial score (nSPS) is 14.1. The van der Waals surface area contributed by atoms with Crippen LogP contribution in [-0.2, 0) is 0 Å². The standard InChI is InChI=1S/C16H17ClFNO/c1-10-4-2-7-13(15(10)18)16(20)14(9-19)11-5-3-6-12(17)8-11/h2-8,14,16,20H,9,19H2,1H3. The Balaban J connectivity index is 2.39. The maximum atomic E-state index is 14.1. The summed E-state index contributed by atoms with van der Waals surface area (Å²) in [6, 6.07) is 12.1. The molecule has 20 heavy (non-hydrogen) atoms. The highest BCUT2D eigenvalue weighted by atomic mass is 35.5. The highest BCUT2D eigenvalue weighted by Crippen LogP contribution is 2.33. The van der Waals surface area contributed by atoms with Gasteiger partial charge in [-0.2, -0.15) is 0 Å². The van der Waals surface area contributed by atoms with Crippen LogP contribution >= 0.6 is 11.6 Å². The van der Waals surface area contributed by atoms with Crippen molar-refractivity contribution in [1.29, 1.82) is 0 Å². The first-order valence-corrected chi connectivity index (χ1v) is 6.81. The zero-order chi connectivity index (χ0) is 14.7. The Kier molecular flexibility index (Phi) is 4.76. The van der Waals surface area contributed by atoms with Gasteiger partial charge in [0.25, 0.3) is 0 Å². The maximum Gasteiger partial charge on any atom is 0.131 e. The number of aliphatic hydroxyl groups is 1. The first-order chi connectivity index (χ1) is 9.54. The Morgan fingerprint density at radius 1 is 1.25 bits per heavy atom. The first-order valence-electron chi connectivity index (χ1n) is 6.43. The minimum Gasteiger partial charge on any atom is -0.388 e. The van der Waals surface area contributed by atoms with Gasteiger partial charge in [-0.1, -0.05) is 41.9 Å². The van der Waals surface area contributed by atoms with E-state index in [4.69, 9.17) is 17.3 Å². The van der Waals surface area contributed by atoms with Gasteiger partial charge in [0.05, 0.1) is 6.10 Å². The molecule has 0 fully saturated rings. The molecular formula is C16H17ClFNO. The fourth-order valence-corrected chi connectivity index (χ4v) is 2.50. The van der Waals surface area contributed by atoms with Gasteiger partial charge in [0, 0.05) is 23.0 Å². The predicted molar refractivity (Wildman–Crippen MR) is 79.3 cm³/mol. The molecule has 2 aromatic rings. The zero-order valence-corrected chi connectivity index (χ0v) is 11.9. The fourth-order valence-electron chi connectivity index (χ4n) is 2.30. The Morgan fingerprint density at radius 3 is 2.60 bits per heavy atom. The number of hydrogen-bond donors (Lipinski definition) is 2. The van der Waals surface area contributed by atoms with E-state index in [2.05, 4.69) is 0 Å². The van der Waals surface area contributed by atoms with Crippen molar-refractivity contribution in [1.82, 2.24) is 0 Å². The molecule has 0 heterocycles. The van der Waals surface area contributed by atoms with Crippen molar-refractivity contribution in [2.75, 3.05) is 6.54 Å². The predicted octanol–water partition coefficient (Wildman–Crippen LogP) is 3.56. The number of benzene rings is 2. The van der Waals surface area contributed by atoms with Crippen molar-refractivity contribution in [2.45, 2.75) is 18.9 Å². The van der Waals surface area contributed by atoms with Crippen molar-refractivity contribution in [3.05, 3.63) is 70.0 Å². The Hall–Kier alpha value is -1.42. The third kappa shape index (κ3) is 3.01. The minimum absolute atomic E-state index is 0.203. The third-order valence-corrected chi connectivity index (χ3v) is 3.69. The fraction of sp³-hybridized carbons (Fsp3) is 0.250. The molecule has 0 bridgehead atoms. The number of hydrogen-bond acceptors (Lipinski definition) is 2. The SMILES string of the molecule is Cc1cccc(C(O)C(CN)c2cccc(Cl)c2)c1F. The highest BCUT2D eigenvalue weighted by molar-refractivity contribution is 6.30. The number of rotatable bonds is 4. The van der Waals surface area contributed by atoms with Gasteiger partial charge < -0.3 is 10.8 Å². The topological polar surface area (TPSA) is 46.2 Å². The lowest BCUT2D eigenvalue weighted by Gasteiger charge is -2.23. The van der Waals surface area contributed by atoms with Crippen molar-refractivity contribution < 1.29 is 9.50 Å². The lowest BCUT2D eigenvalue weighted by molar-refractivity contribution is 0.143. The van der Waals surface area contributed by atoms with Crippen molar-refractivity contribution in [3.8, 4) is 0 Å². The molecule has 2 nitrogen and oxygen atoms in total. The molecule has 0 saturated carbocycles. The summed E-state index contributed by atoms with van der Waals surface area (Å²) < 4.78 is 14.1. The second-order valence-corrected chi connectivity index (χ2v) is 5.26. The van der Waals surface area contributed by atoms with E-state index in [-0.39, 0.29) is 17.9 Å². The van der Waals surface area contributed by atoms with Crippen LogP contribution in [0.2, 0.25) is 5.02 Å². The van der Waals surface area contributed by atoms with E-state index in [0.717, 1.165) is 5.56 Å². The molecule has 0 aromatic heterocycles. The highest BCUT2D eigenvalue weighted by Gasteiger charge is 2.24. The van der Waals surface area contributed by atoms with E-state index in [1.54, 1.807) is 43.3 Å². The molecular weight excluding hydrogens is 277 g/mol. The summed E-state index contributed by atoms with van der Waals surface area (Å²) >= 11 is 5.96. The van der Waals surface area contributed by atoms with Gasteiger partial charge in [0.2, 0.25) is 0 Å². The summed E-state index contributed by atoms with van der Waals surface area (Å²) in [7, 11) is 0. The van der Waals surface area contributed by atoms with E-state index >= 15 is 0 Å². The molecule has 0 amide bonds. The zero-order valence-electron chi connectivity index (χ0n) is 11.2. The molecule has 3 N–H and O–H groups in total. The Bertz CT molecular complexity index is 603. The van der Waals surface area contributed by atoms with Gasteiger partial charge in [0.1, 0.15) is 5.82 Å². The van der Waals surface area contributed by atoms with Crippen LogP contribution in [0.25, 0.3) is 0 Å². The van der Waals surface area contributed by atoms with Crippen LogP contribution in [0.4, 0.5) is 4.39 Å². The van der Waals surface area contributed by atoms with Gasteiger partial charge >= 0.3 is 0 Å². The van der Waals surface area contributed by atoms with E-state index in [0.29, 0.717) is 10.6 Å². The molecule has 0 saturated heterocycles. The van der Waals surface area contributed by atoms with E-state index in [1.807, 2.05) is 6.07 Å². The van der Waals surface area contributed by atoms with Crippen LogP contribution in [-0.4, -0.2) is 11.7 Å². The molecule has 0 radical (unpaired) electrons. The second kappa shape index (κ2) is 6.35. The molecule has 0 aliphatic heterocycles. The summed E-state index contributed by atoms with van der Waals surface area (Å²) in [5.41, 5.74) is 7.32. The van der Waals surface area contributed by atoms with Crippen LogP contribution in [0.15, 0.2) is 42.5 Å². The van der Waals surface area contributed by atoms with E-state index in [9.17, 15) is 9.50 Å². The lowest BCUT2D eigenvalue weighted by atomic mass is 9.88. The smallest absolute Gasteiger partial charge is 0.131 e. The lowest BCUT2D eigenvalue weighted by Crippen LogP contribution is -2.21. The van der Waals surface area contributed by atoms with Crippen molar-refractivity contribution in [2.24, 2.45) is 5.73 Å². The van der Waals surface area contributed by atoms with E-state index in [1.165, 1.54) is 0 Å². The largest absolute Gasteiger partial charge is 0.388 e. The van der Waals surface area contributed by atoms with Crippen molar-refractivity contribution in [3.63, 3.8) is 0 Å². The second-order valence-electron chi connectivity index (χ2n) is 4.82. The summed E-state index contributed by atoms with van der Waals surface area (Å²) in [4.78, 5) is 0. The molecule has 4 heteroatoms. The van der Waals surface area contributed by atoms with Crippen LogP contribution in [0.3, 0.4) is 0 Å². The molecule has 106 valence electrons. The summed E-state index contributed by atoms with van der Waals surface area (Å²) in [6.07, 6.45) is -1.00. The van der Waals surface area contributed by atoms with Crippen LogP contribution in [0, 0.1) is 12.7 Å². The quantitative estimate of drug-likeness (QED) is 0.905. The summed E-state index contributed by atoms with van der Waals surface area (Å²) in [5, 5.41) is 11.0. The van der Waals surface area contributed by atoms with Gasteiger partial charge in [-0.05, 0) is 30.2 Å². The average molecular weight is 294 g/mol. The molecule has 0 aliphatic rings. The van der Waals surface area contributed by atoms with Gasteiger partial charge in [-0.25, -0.2) is 4.39 Å². The average Bonchev–Trinajstić information content (AvgIpc) is 2.42. The number of halogens is 2. The molecule has 0 aliphatic carbocycles. The van der Waals surface area contributed by atoms with E-state index < -0.39 is 12.0 Å². The molecule has 2 rings (SSSR count). The van der Waals surface area contributed by atoms with Crippen LogP contribution < -0.4 is 5.73 Å². The van der Waals surface area contributed by atoms with Crippen LogP contribution in [0.5, 0.6) is 0 Å². The monoisotopic (exact) mass is 293 g/mol. The Labute approximate surface area is 123 Å². The van der Waals surface area contributed by atoms with Gasteiger partial charge in [-0.15, -0.1) is 0 Å². The number of aryl methyl sites for hydroxylation is 1. The number of aliphatic hydroxyl groups excluding tert-OH is 1. The molecule has 2 unspecified atom stereocenters. The Morgan fingerprint density at radius 2 is 1.95 bits per heavy atom. The third-order valence-electron chi connectivity index (χ3n) is 3.45. The summed E-state index contributed by atoms with van der Waals surface area (Å²) in [5.74, 6) is -0.787. The minimum atomic E-state index is -1.00. The maximum absolute atomic E-state index is 14.1. The molecule has 0 spiro atoms. The first kappa shape index (κ1) is 15.0. The van der Waals surface area contributed by atoms with Crippen LogP contribution in [0.1, 0.15) is 28.7 Å². The van der Waals surface area contributed by atoms with Gasteiger partial charge in [0.15, 0.2) is 0 Å². The molecule has 2 aromatic carbocycles. The number of nitrogens with two attached hydrogens (primary N) is 1. The van der Waals surface area contributed by atoms with Crippen molar-refractivity contribution >= 4 is 11.6 Å². The molecule has 2 atom stereocenters.